The van der Waals surface area contributed by atoms with Gasteiger partial charge in [-0.3, -0.25) is 4.90 Å². The zero-order valence-corrected chi connectivity index (χ0v) is 15.4. The van der Waals surface area contributed by atoms with Crippen LogP contribution < -0.4 is 5.73 Å². The van der Waals surface area contributed by atoms with Crippen molar-refractivity contribution < 1.29 is 4.52 Å². The molecular weight excluding hydrogens is 346 g/mol. The minimum atomic E-state index is 0. The van der Waals surface area contributed by atoms with Gasteiger partial charge in [0.25, 0.3) is 0 Å². The van der Waals surface area contributed by atoms with Gasteiger partial charge >= 0.3 is 0 Å². The number of likely N-dealkylation sites (tertiary alicyclic amines) is 1. The summed E-state index contributed by atoms with van der Waals surface area (Å²) in [5.41, 5.74) is 9.45. The number of halogens is 1. The highest BCUT2D eigenvalue weighted by Crippen LogP contribution is 2.33. The number of hydrogen-bond acceptors (Lipinski definition) is 4. The van der Waals surface area contributed by atoms with Gasteiger partial charge in [-0.05, 0) is 18.0 Å². The molecule has 2 atom stereocenters. The first-order chi connectivity index (χ1) is 12.3. The van der Waals surface area contributed by atoms with E-state index >= 15 is 0 Å². The van der Waals surface area contributed by atoms with Gasteiger partial charge < -0.3 is 10.3 Å². The normalized spacial score (nSPS) is 20.0. The smallest absolute Gasteiger partial charge is 0.167 e. The third-order valence-corrected chi connectivity index (χ3v) is 5.05. The molecule has 0 radical (unpaired) electrons. The predicted molar refractivity (Wildman–Crippen MR) is 106 cm³/mol. The van der Waals surface area contributed by atoms with Crippen LogP contribution in [0.3, 0.4) is 0 Å². The molecule has 26 heavy (non-hydrogen) atoms. The van der Waals surface area contributed by atoms with Crippen LogP contribution in [-0.4, -0.2) is 29.7 Å². The Kier molecular flexibility index (Phi) is 6.09. The second kappa shape index (κ2) is 8.49. The molecule has 0 saturated carbocycles. The standard InChI is InChI=1S/C21H23N3O.ClH/c22-12-18-13-24(15-20(18)16-7-3-1-4-8-16)14-19-11-21(25-23-19)17-9-5-2-6-10-17;/h1-11,18,20H,12-15,22H2;1H/t18-,20+;/m1./s1. The zero-order chi connectivity index (χ0) is 17.1. The van der Waals surface area contributed by atoms with Crippen LogP contribution in [0.5, 0.6) is 0 Å². The molecular formula is C21H24ClN3O. The van der Waals surface area contributed by atoms with Crippen LogP contribution in [0, 0.1) is 5.92 Å². The van der Waals surface area contributed by atoms with E-state index in [9.17, 15) is 0 Å². The Morgan fingerprint density at radius 2 is 1.69 bits per heavy atom. The van der Waals surface area contributed by atoms with E-state index in [1.165, 1.54) is 5.56 Å². The Labute approximate surface area is 160 Å². The van der Waals surface area contributed by atoms with E-state index in [2.05, 4.69) is 40.4 Å². The van der Waals surface area contributed by atoms with Crippen molar-refractivity contribution in [2.24, 2.45) is 11.7 Å². The molecule has 1 aliphatic rings. The Hall–Kier alpha value is -2.14. The highest BCUT2D eigenvalue weighted by molar-refractivity contribution is 5.85. The molecule has 2 N–H and O–H groups in total. The summed E-state index contributed by atoms with van der Waals surface area (Å²) in [4.78, 5) is 2.43. The average molecular weight is 370 g/mol. The number of nitrogens with zero attached hydrogens (tertiary/aromatic N) is 2. The first-order valence-electron chi connectivity index (χ1n) is 8.82. The van der Waals surface area contributed by atoms with Gasteiger partial charge in [0.05, 0.1) is 5.69 Å². The zero-order valence-electron chi connectivity index (χ0n) is 14.6. The van der Waals surface area contributed by atoms with Crippen molar-refractivity contribution in [1.29, 1.82) is 0 Å². The van der Waals surface area contributed by atoms with Crippen molar-refractivity contribution in [1.82, 2.24) is 10.1 Å². The maximum absolute atomic E-state index is 6.04. The van der Waals surface area contributed by atoms with Crippen molar-refractivity contribution in [3.05, 3.63) is 78.0 Å². The second-order valence-corrected chi connectivity index (χ2v) is 6.76. The van der Waals surface area contributed by atoms with Crippen molar-refractivity contribution in [3.63, 3.8) is 0 Å². The van der Waals surface area contributed by atoms with Gasteiger partial charge in [0.1, 0.15) is 0 Å². The van der Waals surface area contributed by atoms with Gasteiger partial charge in [-0.25, -0.2) is 0 Å². The molecule has 1 fully saturated rings. The van der Waals surface area contributed by atoms with Gasteiger partial charge in [0.2, 0.25) is 0 Å². The average Bonchev–Trinajstić information content (AvgIpc) is 3.30. The molecule has 4 rings (SSSR count). The number of aromatic nitrogens is 1. The van der Waals surface area contributed by atoms with E-state index in [0.29, 0.717) is 18.4 Å². The summed E-state index contributed by atoms with van der Waals surface area (Å²) >= 11 is 0. The van der Waals surface area contributed by atoms with Gasteiger partial charge in [0.15, 0.2) is 5.76 Å². The summed E-state index contributed by atoms with van der Waals surface area (Å²) in [5, 5.41) is 4.26. The predicted octanol–water partition coefficient (Wildman–Crippen LogP) is 3.94. The highest BCUT2D eigenvalue weighted by Gasteiger charge is 2.33. The lowest BCUT2D eigenvalue weighted by Crippen LogP contribution is -2.23. The summed E-state index contributed by atoms with van der Waals surface area (Å²) in [6.45, 7) is 3.53. The molecule has 0 unspecified atom stereocenters. The molecule has 0 aliphatic carbocycles. The largest absolute Gasteiger partial charge is 0.356 e. The lowest BCUT2D eigenvalue weighted by atomic mass is 9.89. The minimum absolute atomic E-state index is 0. The summed E-state index contributed by atoms with van der Waals surface area (Å²) < 4.78 is 5.52. The molecule has 2 aromatic carbocycles. The summed E-state index contributed by atoms with van der Waals surface area (Å²) in [6, 6.07) is 22.8. The Bertz CT molecular complexity index is 806. The Morgan fingerprint density at radius 1 is 1.00 bits per heavy atom. The number of rotatable bonds is 5. The lowest BCUT2D eigenvalue weighted by molar-refractivity contribution is 0.303. The molecule has 5 heteroatoms. The molecule has 0 amide bonds. The topological polar surface area (TPSA) is 55.3 Å². The number of nitrogens with two attached hydrogens (primary N) is 1. The molecule has 1 aromatic heterocycles. The van der Waals surface area contributed by atoms with Gasteiger partial charge in [-0.1, -0.05) is 65.8 Å². The lowest BCUT2D eigenvalue weighted by Gasteiger charge is -2.16. The SMILES string of the molecule is Cl.NC[C@@H]1CN(Cc2cc(-c3ccccc3)on2)C[C@H]1c1ccccc1. The van der Waals surface area contributed by atoms with Gasteiger partial charge in [0, 0.05) is 37.2 Å². The minimum Gasteiger partial charge on any atom is -0.356 e. The first-order valence-corrected chi connectivity index (χ1v) is 8.82. The van der Waals surface area contributed by atoms with Crippen LogP contribution in [0.15, 0.2) is 71.3 Å². The van der Waals surface area contributed by atoms with E-state index in [1.807, 2.05) is 36.4 Å². The molecule has 136 valence electrons. The fourth-order valence-corrected chi connectivity index (χ4v) is 3.76. The van der Waals surface area contributed by atoms with Crippen LogP contribution in [-0.2, 0) is 6.54 Å². The molecule has 0 bridgehead atoms. The maximum atomic E-state index is 6.04. The number of hydrogen-bond donors (Lipinski definition) is 1. The molecule has 4 nitrogen and oxygen atoms in total. The molecule has 1 aliphatic heterocycles. The first kappa shape index (κ1) is 18.6. The van der Waals surface area contributed by atoms with E-state index in [4.69, 9.17) is 10.3 Å². The van der Waals surface area contributed by atoms with Crippen molar-refractivity contribution in [2.45, 2.75) is 12.5 Å². The van der Waals surface area contributed by atoms with E-state index in [0.717, 1.165) is 36.7 Å². The van der Waals surface area contributed by atoms with Crippen LogP contribution in [0.1, 0.15) is 17.2 Å². The quantitative estimate of drug-likeness (QED) is 0.740. The Balaban J connectivity index is 0.00000196. The second-order valence-electron chi connectivity index (χ2n) is 6.76. The molecule has 1 saturated heterocycles. The van der Waals surface area contributed by atoms with Crippen LogP contribution in [0.25, 0.3) is 11.3 Å². The van der Waals surface area contributed by atoms with Crippen molar-refractivity contribution >= 4 is 12.4 Å². The molecule has 2 heterocycles. The summed E-state index contributed by atoms with van der Waals surface area (Å²) in [5.74, 6) is 1.80. The molecule has 0 spiro atoms. The van der Waals surface area contributed by atoms with E-state index < -0.39 is 0 Å². The van der Waals surface area contributed by atoms with Crippen LogP contribution in [0.4, 0.5) is 0 Å². The highest BCUT2D eigenvalue weighted by atomic mass is 35.5. The third kappa shape index (κ3) is 3.98. The van der Waals surface area contributed by atoms with E-state index in [1.54, 1.807) is 0 Å². The number of benzene rings is 2. The third-order valence-electron chi connectivity index (χ3n) is 5.05. The fourth-order valence-electron chi connectivity index (χ4n) is 3.76. The Morgan fingerprint density at radius 3 is 2.38 bits per heavy atom. The van der Waals surface area contributed by atoms with Gasteiger partial charge in [-0.15, -0.1) is 12.4 Å². The molecule has 3 aromatic rings. The van der Waals surface area contributed by atoms with E-state index in [-0.39, 0.29) is 12.4 Å². The fraction of sp³-hybridized carbons (Fsp3) is 0.286. The van der Waals surface area contributed by atoms with Crippen molar-refractivity contribution in [2.75, 3.05) is 19.6 Å². The summed E-state index contributed by atoms with van der Waals surface area (Å²) in [7, 11) is 0. The van der Waals surface area contributed by atoms with Gasteiger partial charge in [-0.2, -0.15) is 0 Å². The van der Waals surface area contributed by atoms with Crippen LogP contribution >= 0.6 is 12.4 Å². The van der Waals surface area contributed by atoms with Crippen LogP contribution in [0.2, 0.25) is 0 Å². The maximum Gasteiger partial charge on any atom is 0.167 e. The summed E-state index contributed by atoms with van der Waals surface area (Å²) in [6.07, 6.45) is 0. The van der Waals surface area contributed by atoms with Crippen molar-refractivity contribution in [3.8, 4) is 11.3 Å². The monoisotopic (exact) mass is 369 g/mol.